The zero-order chi connectivity index (χ0) is 21.1. The van der Waals surface area contributed by atoms with Crippen molar-refractivity contribution in [1.29, 1.82) is 0 Å². The highest BCUT2D eigenvalue weighted by Gasteiger charge is 2.33. The van der Waals surface area contributed by atoms with Gasteiger partial charge in [-0.05, 0) is 42.5 Å². The Hall–Kier alpha value is -3.10. The van der Waals surface area contributed by atoms with Crippen LogP contribution in [0, 0.1) is 11.6 Å². The molecule has 0 radical (unpaired) electrons. The van der Waals surface area contributed by atoms with Crippen molar-refractivity contribution >= 4 is 17.3 Å². The Kier molecular flexibility index (Phi) is 6.05. The molecule has 0 bridgehead atoms. The first-order chi connectivity index (χ1) is 13.8. The Balaban J connectivity index is 2.12. The van der Waals surface area contributed by atoms with Gasteiger partial charge in [-0.1, -0.05) is 17.3 Å². The third-order valence-corrected chi connectivity index (χ3v) is 4.33. The Morgan fingerprint density at radius 3 is 2.34 bits per heavy atom. The number of carbonyl (C=O) groups is 1. The summed E-state index contributed by atoms with van der Waals surface area (Å²) in [6.07, 6.45) is 1.29. The van der Waals surface area contributed by atoms with Gasteiger partial charge in [0.1, 0.15) is 18.6 Å². The van der Waals surface area contributed by atoms with Gasteiger partial charge in [-0.2, -0.15) is 8.78 Å². The molecule has 0 heterocycles. The molecule has 0 saturated heterocycles. The van der Waals surface area contributed by atoms with Crippen molar-refractivity contribution in [3.05, 3.63) is 58.7 Å². The van der Waals surface area contributed by atoms with Crippen LogP contribution in [0.4, 0.5) is 23.2 Å². The average Bonchev–Trinajstić information content (AvgIpc) is 3.48. The second-order valence-electron chi connectivity index (χ2n) is 6.50. The molecule has 9 heteroatoms. The largest absolute Gasteiger partial charge is 0.434 e. The predicted molar refractivity (Wildman–Crippen MR) is 98.4 cm³/mol. The van der Waals surface area contributed by atoms with Gasteiger partial charge in [0.05, 0.1) is 5.56 Å². The minimum Gasteiger partial charge on any atom is -0.434 e. The summed E-state index contributed by atoms with van der Waals surface area (Å²) in [4.78, 5) is 15.9. The van der Waals surface area contributed by atoms with E-state index < -0.39 is 29.6 Å². The zero-order valence-corrected chi connectivity index (χ0v) is 15.6. The molecule has 0 spiro atoms. The van der Waals surface area contributed by atoms with Gasteiger partial charge in [0.15, 0.2) is 11.6 Å². The normalized spacial score (nSPS) is 14.1. The first kappa shape index (κ1) is 20.6. The number of anilines is 1. The fourth-order valence-electron chi connectivity index (χ4n) is 2.97. The van der Waals surface area contributed by atoms with Gasteiger partial charge in [-0.3, -0.25) is 4.79 Å². The minimum atomic E-state index is -3.24. The number of benzene rings is 2. The Morgan fingerprint density at radius 1 is 1.17 bits per heavy atom. The van der Waals surface area contributed by atoms with E-state index in [-0.39, 0.29) is 28.7 Å². The van der Waals surface area contributed by atoms with Crippen molar-refractivity contribution in [2.45, 2.75) is 32.3 Å². The summed E-state index contributed by atoms with van der Waals surface area (Å²) in [5.74, 6) is -3.50. The van der Waals surface area contributed by atoms with E-state index in [2.05, 4.69) is 15.2 Å². The molecule has 154 valence electrons. The molecule has 2 aromatic rings. The summed E-state index contributed by atoms with van der Waals surface area (Å²) >= 11 is 0. The Morgan fingerprint density at radius 2 is 1.83 bits per heavy atom. The predicted octanol–water partition coefficient (Wildman–Crippen LogP) is 4.80. The maximum absolute atomic E-state index is 15.0. The molecule has 1 N–H and O–H groups in total. The summed E-state index contributed by atoms with van der Waals surface area (Å²) in [5.41, 5.74) is -0.0902. The quantitative estimate of drug-likeness (QED) is 0.405. The third-order valence-electron chi connectivity index (χ3n) is 4.33. The summed E-state index contributed by atoms with van der Waals surface area (Å²) < 4.78 is 60.0. The van der Waals surface area contributed by atoms with Crippen LogP contribution in [-0.2, 0) is 9.63 Å². The number of halogens is 4. The fraction of sp³-hybridized carbons (Fsp3) is 0.300. The zero-order valence-electron chi connectivity index (χ0n) is 15.6. The van der Waals surface area contributed by atoms with Gasteiger partial charge in [-0.25, -0.2) is 8.78 Å². The topological polar surface area (TPSA) is 59.9 Å². The number of alkyl halides is 2. The van der Waals surface area contributed by atoms with Crippen LogP contribution in [-0.4, -0.2) is 25.3 Å². The van der Waals surface area contributed by atoms with Gasteiger partial charge >= 0.3 is 6.61 Å². The van der Waals surface area contributed by atoms with E-state index >= 15 is 0 Å². The number of rotatable bonds is 7. The fourth-order valence-corrected chi connectivity index (χ4v) is 2.97. The van der Waals surface area contributed by atoms with Crippen LogP contribution < -0.4 is 10.1 Å². The van der Waals surface area contributed by atoms with Crippen molar-refractivity contribution < 1.29 is 31.9 Å². The van der Waals surface area contributed by atoms with Crippen LogP contribution >= 0.6 is 0 Å². The molecule has 0 unspecified atom stereocenters. The molecule has 5 nitrogen and oxygen atoms in total. The van der Waals surface area contributed by atoms with Crippen molar-refractivity contribution in [3.8, 4) is 5.75 Å². The maximum Gasteiger partial charge on any atom is 0.387 e. The summed E-state index contributed by atoms with van der Waals surface area (Å²) in [6, 6.07) is 7.02. The lowest BCUT2D eigenvalue weighted by atomic mass is 9.97. The first-order valence-corrected chi connectivity index (χ1v) is 8.78. The van der Waals surface area contributed by atoms with E-state index in [1.807, 2.05) is 0 Å². The number of hydrogen-bond donors (Lipinski definition) is 1. The highest BCUT2D eigenvalue weighted by molar-refractivity contribution is 6.14. The number of carbonyl (C=O) groups excluding carboxylic acids is 1. The molecule has 1 aliphatic rings. The second-order valence-corrected chi connectivity index (χ2v) is 6.50. The molecule has 1 amide bonds. The van der Waals surface area contributed by atoms with Crippen LogP contribution in [0.1, 0.15) is 42.4 Å². The van der Waals surface area contributed by atoms with E-state index in [1.54, 1.807) is 0 Å². The van der Waals surface area contributed by atoms with Crippen molar-refractivity contribution in [3.63, 3.8) is 0 Å². The third kappa shape index (κ3) is 4.67. The Bertz CT molecular complexity index is 942. The number of hydrogen-bond acceptors (Lipinski definition) is 4. The molecular formula is C20H18F4N2O3. The highest BCUT2D eigenvalue weighted by Crippen LogP contribution is 2.44. The number of oxime groups is 1. The lowest BCUT2D eigenvalue weighted by molar-refractivity contribution is -0.114. The molecule has 1 saturated carbocycles. The SMILES string of the molecule is CO/N=C(\c1ccc(NC(C)=O)cc1)c1c(OC(F)F)cc(C2CC2)c(F)c1F. The van der Waals surface area contributed by atoms with Crippen molar-refractivity contribution in [2.24, 2.45) is 5.16 Å². The van der Waals surface area contributed by atoms with Gasteiger partial charge in [0.25, 0.3) is 0 Å². The maximum atomic E-state index is 15.0. The van der Waals surface area contributed by atoms with E-state index in [1.165, 1.54) is 38.3 Å². The number of ether oxygens (including phenoxy) is 1. The second kappa shape index (κ2) is 8.50. The van der Waals surface area contributed by atoms with Gasteiger partial charge in [0, 0.05) is 18.2 Å². The number of nitrogens with one attached hydrogen (secondary N) is 1. The van der Waals surface area contributed by atoms with E-state index in [4.69, 9.17) is 4.84 Å². The van der Waals surface area contributed by atoms with Crippen LogP contribution in [0.15, 0.2) is 35.5 Å². The van der Waals surface area contributed by atoms with Crippen molar-refractivity contribution in [1.82, 2.24) is 0 Å². The average molecular weight is 410 g/mol. The standard InChI is InChI=1S/C20H18F4N2O3/c1-10(27)25-13-7-5-12(6-8-13)19(26-28-2)16-15(29-20(23)24)9-14(11-3-4-11)17(21)18(16)22/h5-9,11,20H,3-4H2,1-2H3,(H,25,27)/b26-19+. The molecular weight excluding hydrogens is 392 g/mol. The molecule has 29 heavy (non-hydrogen) atoms. The Labute approximate surface area is 164 Å². The van der Waals surface area contributed by atoms with E-state index in [9.17, 15) is 22.4 Å². The summed E-state index contributed by atoms with van der Waals surface area (Å²) in [5, 5.41) is 6.27. The molecule has 0 aromatic heterocycles. The van der Waals surface area contributed by atoms with Crippen LogP contribution in [0.5, 0.6) is 5.75 Å². The highest BCUT2D eigenvalue weighted by atomic mass is 19.3. The summed E-state index contributed by atoms with van der Waals surface area (Å²) in [7, 11) is 1.19. The molecule has 0 aliphatic heterocycles. The monoisotopic (exact) mass is 410 g/mol. The van der Waals surface area contributed by atoms with Gasteiger partial charge < -0.3 is 14.9 Å². The molecule has 3 rings (SSSR count). The first-order valence-electron chi connectivity index (χ1n) is 8.78. The molecule has 1 aliphatic carbocycles. The molecule has 1 fully saturated rings. The molecule has 2 aromatic carbocycles. The summed E-state index contributed by atoms with van der Waals surface area (Å²) in [6.45, 7) is -1.91. The lowest BCUT2D eigenvalue weighted by Gasteiger charge is -2.16. The number of nitrogens with zero attached hydrogens (tertiary/aromatic N) is 1. The van der Waals surface area contributed by atoms with Crippen molar-refractivity contribution in [2.75, 3.05) is 12.4 Å². The van der Waals surface area contributed by atoms with Crippen LogP contribution in [0.25, 0.3) is 0 Å². The number of amides is 1. The van der Waals surface area contributed by atoms with Gasteiger partial charge in [0.2, 0.25) is 5.91 Å². The van der Waals surface area contributed by atoms with E-state index in [0.717, 1.165) is 6.07 Å². The minimum absolute atomic E-state index is 0.000303. The van der Waals surface area contributed by atoms with Crippen LogP contribution in [0.3, 0.4) is 0 Å². The molecule has 0 atom stereocenters. The van der Waals surface area contributed by atoms with Crippen LogP contribution in [0.2, 0.25) is 0 Å². The van der Waals surface area contributed by atoms with E-state index in [0.29, 0.717) is 18.5 Å². The smallest absolute Gasteiger partial charge is 0.387 e. The van der Waals surface area contributed by atoms with Gasteiger partial charge in [-0.15, -0.1) is 0 Å². The lowest BCUT2D eigenvalue weighted by Crippen LogP contribution is -2.15.